The molecule has 2 aliphatic heterocycles. The van der Waals surface area contributed by atoms with Crippen molar-refractivity contribution in [3.63, 3.8) is 0 Å². The number of aromatic nitrogens is 3. The van der Waals surface area contributed by atoms with Gasteiger partial charge < -0.3 is 19.0 Å². The predicted molar refractivity (Wildman–Crippen MR) is 151 cm³/mol. The van der Waals surface area contributed by atoms with Gasteiger partial charge in [-0.05, 0) is 73.8 Å². The minimum atomic E-state index is -0.00914. The van der Waals surface area contributed by atoms with E-state index in [1.807, 2.05) is 53.0 Å². The van der Waals surface area contributed by atoms with Crippen LogP contribution in [0, 0.1) is 6.92 Å². The predicted octanol–water partition coefficient (Wildman–Crippen LogP) is 5.43. The van der Waals surface area contributed by atoms with Crippen LogP contribution in [-0.2, 0) is 17.9 Å². The molecule has 1 fully saturated rings. The summed E-state index contributed by atoms with van der Waals surface area (Å²) >= 11 is 0. The number of likely N-dealkylation sites (tertiary alicyclic amines) is 1. The molecule has 200 valence electrons. The second-order valence-corrected chi connectivity index (χ2v) is 10.3. The van der Waals surface area contributed by atoms with Crippen molar-refractivity contribution in [1.29, 1.82) is 0 Å². The molecule has 2 aromatic carbocycles. The van der Waals surface area contributed by atoms with E-state index in [9.17, 15) is 4.79 Å². The molecule has 0 saturated carbocycles. The molecule has 2 aromatic heterocycles. The first-order chi connectivity index (χ1) is 19.1. The summed E-state index contributed by atoms with van der Waals surface area (Å²) in [4.78, 5) is 22.5. The maximum atomic E-state index is 13.7. The third-order valence-electron chi connectivity index (χ3n) is 7.50. The molecule has 0 spiro atoms. The SMILES string of the molecule is COc1ccc(CN2C(=O)CC(c3ncc(C)o3)=Cc3ccc(-c4cnn(CCN5CCCC5)c4)cc32)cc1. The highest BCUT2D eigenvalue weighted by Gasteiger charge is 2.26. The van der Waals surface area contributed by atoms with E-state index in [0.29, 0.717) is 12.4 Å². The first kappa shape index (κ1) is 25.1. The van der Waals surface area contributed by atoms with Gasteiger partial charge in [-0.3, -0.25) is 9.48 Å². The van der Waals surface area contributed by atoms with Crippen LogP contribution in [0.3, 0.4) is 0 Å². The van der Waals surface area contributed by atoms with Crippen LogP contribution >= 0.6 is 0 Å². The maximum Gasteiger partial charge on any atom is 0.231 e. The molecule has 0 aliphatic carbocycles. The Labute approximate surface area is 228 Å². The molecule has 0 atom stereocenters. The van der Waals surface area contributed by atoms with Gasteiger partial charge in [0, 0.05) is 23.9 Å². The lowest BCUT2D eigenvalue weighted by Gasteiger charge is -2.24. The molecule has 6 rings (SSSR count). The average molecular weight is 524 g/mol. The minimum Gasteiger partial charge on any atom is -0.497 e. The summed E-state index contributed by atoms with van der Waals surface area (Å²) < 4.78 is 13.1. The Balaban J connectivity index is 1.33. The first-order valence-corrected chi connectivity index (χ1v) is 13.5. The van der Waals surface area contributed by atoms with Crippen molar-refractivity contribution in [2.24, 2.45) is 0 Å². The third kappa shape index (κ3) is 5.52. The van der Waals surface area contributed by atoms with Gasteiger partial charge in [0.1, 0.15) is 11.5 Å². The highest BCUT2D eigenvalue weighted by Crippen LogP contribution is 2.36. The summed E-state index contributed by atoms with van der Waals surface area (Å²) in [5.41, 5.74) is 5.66. The zero-order valence-corrected chi connectivity index (χ0v) is 22.5. The van der Waals surface area contributed by atoms with Gasteiger partial charge in [-0.15, -0.1) is 0 Å². The lowest BCUT2D eigenvalue weighted by atomic mass is 10.0. The molecular formula is C31H33N5O3. The number of hydrogen-bond acceptors (Lipinski definition) is 6. The normalized spacial score (nSPS) is 15.8. The van der Waals surface area contributed by atoms with Gasteiger partial charge in [-0.25, -0.2) is 4.98 Å². The summed E-state index contributed by atoms with van der Waals surface area (Å²) in [7, 11) is 1.65. The number of oxazole rings is 1. The van der Waals surface area contributed by atoms with Crippen LogP contribution < -0.4 is 9.64 Å². The van der Waals surface area contributed by atoms with E-state index >= 15 is 0 Å². The molecule has 8 nitrogen and oxygen atoms in total. The van der Waals surface area contributed by atoms with E-state index in [4.69, 9.17) is 9.15 Å². The Bertz CT molecular complexity index is 1490. The second-order valence-electron chi connectivity index (χ2n) is 10.3. The van der Waals surface area contributed by atoms with Crippen molar-refractivity contribution in [1.82, 2.24) is 19.7 Å². The fourth-order valence-corrected chi connectivity index (χ4v) is 5.32. The summed E-state index contributed by atoms with van der Waals surface area (Å²) in [6.07, 6.45) is 10.5. The zero-order valence-electron chi connectivity index (χ0n) is 22.5. The highest BCUT2D eigenvalue weighted by molar-refractivity contribution is 6.06. The van der Waals surface area contributed by atoms with Crippen molar-refractivity contribution in [2.75, 3.05) is 31.6 Å². The Kier molecular flexibility index (Phi) is 7.02. The van der Waals surface area contributed by atoms with Gasteiger partial charge in [-0.1, -0.05) is 24.3 Å². The Hall–Kier alpha value is -4.17. The van der Waals surface area contributed by atoms with Crippen molar-refractivity contribution < 1.29 is 13.9 Å². The number of ether oxygens (including phenoxy) is 1. The van der Waals surface area contributed by atoms with Crippen molar-refractivity contribution in [3.05, 3.63) is 83.8 Å². The van der Waals surface area contributed by atoms with E-state index in [1.165, 1.54) is 25.9 Å². The fourth-order valence-electron chi connectivity index (χ4n) is 5.32. The molecular weight excluding hydrogens is 490 g/mol. The van der Waals surface area contributed by atoms with Crippen LogP contribution in [0.2, 0.25) is 0 Å². The second kappa shape index (κ2) is 10.9. The smallest absolute Gasteiger partial charge is 0.231 e. The van der Waals surface area contributed by atoms with Crippen LogP contribution in [0.15, 0.2) is 65.5 Å². The molecule has 0 bridgehead atoms. The number of hydrogen-bond donors (Lipinski definition) is 0. The number of nitrogens with zero attached hydrogens (tertiary/aromatic N) is 5. The monoisotopic (exact) mass is 523 g/mol. The number of amides is 1. The average Bonchev–Trinajstić information content (AvgIpc) is 3.72. The van der Waals surface area contributed by atoms with Crippen molar-refractivity contribution >= 4 is 23.2 Å². The number of rotatable bonds is 8. The number of methoxy groups -OCH3 is 1. The number of fused-ring (bicyclic) bond motifs is 1. The van der Waals surface area contributed by atoms with Gasteiger partial charge in [0.15, 0.2) is 0 Å². The minimum absolute atomic E-state index is 0.00914. The lowest BCUT2D eigenvalue weighted by molar-refractivity contribution is -0.117. The molecule has 4 heterocycles. The lowest BCUT2D eigenvalue weighted by Crippen LogP contribution is -2.30. The zero-order chi connectivity index (χ0) is 26.8. The van der Waals surface area contributed by atoms with E-state index in [2.05, 4.69) is 39.4 Å². The molecule has 0 N–H and O–H groups in total. The number of benzene rings is 2. The van der Waals surface area contributed by atoms with Gasteiger partial charge >= 0.3 is 0 Å². The van der Waals surface area contributed by atoms with Crippen LogP contribution in [0.1, 0.15) is 42.0 Å². The van der Waals surface area contributed by atoms with E-state index in [0.717, 1.165) is 58.1 Å². The molecule has 0 radical (unpaired) electrons. The standard InChI is InChI=1S/C31H33N5O3/c1-22-18-32-31(39-22)26-15-25-8-7-24(27-19-33-35(21-27)14-13-34-11-3-4-12-34)16-29(25)36(30(37)17-26)20-23-5-9-28(38-2)10-6-23/h5-10,15-16,18-19,21H,3-4,11-14,17,20H2,1-2H3. The Morgan fingerprint density at radius 2 is 1.82 bits per heavy atom. The van der Waals surface area contributed by atoms with Crippen LogP contribution in [-0.4, -0.2) is 52.3 Å². The Morgan fingerprint density at radius 3 is 2.56 bits per heavy atom. The van der Waals surface area contributed by atoms with Crippen molar-refractivity contribution in [3.8, 4) is 16.9 Å². The van der Waals surface area contributed by atoms with Gasteiger partial charge in [0.05, 0.1) is 44.7 Å². The van der Waals surface area contributed by atoms with Crippen LogP contribution in [0.5, 0.6) is 5.75 Å². The van der Waals surface area contributed by atoms with E-state index in [-0.39, 0.29) is 12.3 Å². The largest absolute Gasteiger partial charge is 0.497 e. The summed E-state index contributed by atoms with van der Waals surface area (Å²) in [6.45, 7) is 6.55. The summed E-state index contributed by atoms with van der Waals surface area (Å²) in [5, 5.41) is 4.62. The number of carbonyl (C=O) groups is 1. The van der Waals surface area contributed by atoms with Gasteiger partial charge in [-0.2, -0.15) is 5.10 Å². The van der Waals surface area contributed by atoms with Crippen LogP contribution in [0.25, 0.3) is 22.8 Å². The highest BCUT2D eigenvalue weighted by atomic mass is 16.5. The number of anilines is 1. The summed E-state index contributed by atoms with van der Waals surface area (Å²) in [6, 6.07) is 14.1. The van der Waals surface area contributed by atoms with E-state index < -0.39 is 0 Å². The van der Waals surface area contributed by atoms with E-state index in [1.54, 1.807) is 13.3 Å². The molecule has 4 aromatic rings. The molecule has 1 amide bonds. The molecule has 8 heteroatoms. The van der Waals surface area contributed by atoms with Crippen molar-refractivity contribution in [2.45, 2.75) is 39.3 Å². The molecule has 2 aliphatic rings. The topological polar surface area (TPSA) is 76.6 Å². The number of aryl methyl sites for hydroxylation is 1. The third-order valence-corrected chi connectivity index (χ3v) is 7.50. The summed E-state index contributed by atoms with van der Waals surface area (Å²) in [5.74, 6) is 1.98. The van der Waals surface area contributed by atoms with Crippen LogP contribution in [0.4, 0.5) is 5.69 Å². The molecule has 0 unspecified atom stereocenters. The first-order valence-electron chi connectivity index (χ1n) is 13.5. The quantitative estimate of drug-likeness (QED) is 0.307. The number of carbonyl (C=O) groups excluding carboxylic acids is 1. The molecule has 1 saturated heterocycles. The van der Waals surface area contributed by atoms with Gasteiger partial charge in [0.2, 0.25) is 11.8 Å². The molecule has 39 heavy (non-hydrogen) atoms. The maximum absolute atomic E-state index is 13.7. The fraction of sp³-hybridized carbons (Fsp3) is 0.323. The Morgan fingerprint density at radius 1 is 1.00 bits per heavy atom. The van der Waals surface area contributed by atoms with Gasteiger partial charge in [0.25, 0.3) is 0 Å².